The van der Waals surface area contributed by atoms with Crippen LogP contribution in [0.5, 0.6) is 0 Å². The highest BCUT2D eigenvalue weighted by Crippen LogP contribution is 2.28. The van der Waals surface area contributed by atoms with Gasteiger partial charge < -0.3 is 5.32 Å². The van der Waals surface area contributed by atoms with Gasteiger partial charge in [0.1, 0.15) is 5.65 Å². The lowest BCUT2D eigenvalue weighted by Crippen LogP contribution is -1.96. The molecule has 0 radical (unpaired) electrons. The minimum atomic E-state index is 0.572. The van der Waals surface area contributed by atoms with Gasteiger partial charge in [0.15, 0.2) is 5.82 Å². The van der Waals surface area contributed by atoms with Crippen molar-refractivity contribution in [3.63, 3.8) is 0 Å². The summed E-state index contributed by atoms with van der Waals surface area (Å²) in [6.45, 7) is 0. The minimum absolute atomic E-state index is 0.572. The molecule has 1 N–H and O–H groups in total. The predicted octanol–water partition coefficient (Wildman–Crippen LogP) is 2.57. The van der Waals surface area contributed by atoms with Crippen LogP contribution in [0.1, 0.15) is 0 Å². The van der Waals surface area contributed by atoms with Crippen molar-refractivity contribution >= 4 is 17.9 Å². The Kier molecular flexibility index (Phi) is 2.53. The van der Waals surface area contributed by atoms with Gasteiger partial charge in [-0.2, -0.15) is 0 Å². The number of nitrogens with zero attached hydrogens (tertiary/aromatic N) is 2. The third kappa shape index (κ3) is 1.64. The molecular weight excluding hydrogens is 226 g/mol. The molecule has 2 heterocycles. The van der Waals surface area contributed by atoms with Crippen LogP contribution in [0.2, 0.25) is 0 Å². The Bertz CT molecular complexity index is 689. The smallest absolute Gasteiger partial charge is 0.212 e. The van der Waals surface area contributed by atoms with Crippen molar-refractivity contribution in [2.75, 3.05) is 5.32 Å². The van der Waals surface area contributed by atoms with E-state index in [4.69, 9.17) is 0 Å². The topological polar surface area (TPSA) is 46.4 Å². The van der Waals surface area contributed by atoms with E-state index < -0.39 is 0 Å². The molecule has 0 aliphatic carbocycles. The minimum Gasteiger partial charge on any atom is -0.311 e. The fourth-order valence-corrected chi connectivity index (χ4v) is 2.02. The third-order valence-electron chi connectivity index (χ3n) is 2.77. The lowest BCUT2D eigenvalue weighted by molar-refractivity contribution is -0.105. The van der Waals surface area contributed by atoms with E-state index in [-0.39, 0.29) is 0 Å². The molecule has 0 saturated heterocycles. The number of hydrogen-bond acceptors (Lipinski definition) is 2. The molecular formula is C14H11N3O. The number of amides is 1. The Morgan fingerprint density at radius 3 is 2.61 bits per heavy atom. The highest BCUT2D eigenvalue weighted by Gasteiger charge is 2.12. The van der Waals surface area contributed by atoms with Gasteiger partial charge in [-0.3, -0.25) is 9.20 Å². The van der Waals surface area contributed by atoms with Crippen molar-refractivity contribution in [3.05, 3.63) is 54.7 Å². The SMILES string of the molecule is O=CNc1nc2ccccn2c1-c1ccccc1. The number of aromatic nitrogens is 2. The van der Waals surface area contributed by atoms with E-state index in [2.05, 4.69) is 10.3 Å². The Morgan fingerprint density at radius 2 is 1.83 bits per heavy atom. The van der Waals surface area contributed by atoms with Crippen molar-refractivity contribution in [1.29, 1.82) is 0 Å². The molecule has 18 heavy (non-hydrogen) atoms. The van der Waals surface area contributed by atoms with Gasteiger partial charge in [0.05, 0.1) is 5.69 Å². The fraction of sp³-hybridized carbons (Fsp3) is 0. The number of nitrogens with one attached hydrogen (secondary N) is 1. The Hall–Kier alpha value is -2.62. The molecule has 0 spiro atoms. The van der Waals surface area contributed by atoms with Crippen molar-refractivity contribution in [2.24, 2.45) is 0 Å². The maximum Gasteiger partial charge on any atom is 0.212 e. The molecule has 0 fully saturated rings. The number of rotatable bonds is 3. The average molecular weight is 237 g/mol. The van der Waals surface area contributed by atoms with Gasteiger partial charge in [-0.1, -0.05) is 36.4 Å². The summed E-state index contributed by atoms with van der Waals surface area (Å²) in [7, 11) is 0. The Balaban J connectivity index is 2.31. The van der Waals surface area contributed by atoms with Crippen LogP contribution in [0.3, 0.4) is 0 Å². The van der Waals surface area contributed by atoms with E-state index in [1.54, 1.807) is 0 Å². The van der Waals surface area contributed by atoms with Crippen LogP contribution in [0, 0.1) is 0 Å². The standard InChI is InChI=1S/C14H11N3O/c18-10-15-14-13(11-6-2-1-3-7-11)17-9-5-4-8-12(17)16-14/h1-10H,(H,15,18). The molecule has 0 saturated carbocycles. The monoisotopic (exact) mass is 237 g/mol. The molecule has 0 unspecified atom stereocenters. The predicted molar refractivity (Wildman–Crippen MR) is 70.3 cm³/mol. The van der Waals surface area contributed by atoms with Crippen LogP contribution in [-0.2, 0) is 4.79 Å². The van der Waals surface area contributed by atoms with E-state index in [0.717, 1.165) is 16.9 Å². The first kappa shape index (κ1) is 10.5. The second kappa shape index (κ2) is 4.33. The Morgan fingerprint density at radius 1 is 1.06 bits per heavy atom. The normalized spacial score (nSPS) is 10.4. The second-order valence-corrected chi connectivity index (χ2v) is 3.87. The maximum atomic E-state index is 10.7. The third-order valence-corrected chi connectivity index (χ3v) is 2.77. The quantitative estimate of drug-likeness (QED) is 0.711. The molecule has 0 bridgehead atoms. The van der Waals surface area contributed by atoms with E-state index in [9.17, 15) is 4.79 Å². The molecule has 1 aromatic carbocycles. The number of imidazole rings is 1. The summed E-state index contributed by atoms with van der Waals surface area (Å²) >= 11 is 0. The molecule has 3 rings (SSSR count). The van der Waals surface area contributed by atoms with Crippen LogP contribution < -0.4 is 5.32 Å². The molecule has 2 aromatic heterocycles. The van der Waals surface area contributed by atoms with Crippen LogP contribution in [0.4, 0.5) is 5.82 Å². The van der Waals surface area contributed by atoms with Gasteiger partial charge in [-0.25, -0.2) is 4.98 Å². The molecule has 3 aromatic rings. The lowest BCUT2D eigenvalue weighted by Gasteiger charge is -2.03. The number of benzene rings is 1. The van der Waals surface area contributed by atoms with E-state index in [1.807, 2.05) is 59.1 Å². The van der Waals surface area contributed by atoms with Crippen molar-refractivity contribution in [2.45, 2.75) is 0 Å². The summed E-state index contributed by atoms with van der Waals surface area (Å²) in [4.78, 5) is 15.1. The summed E-state index contributed by atoms with van der Waals surface area (Å²) in [6, 6.07) is 15.6. The number of carbonyl (C=O) groups excluding carboxylic acids is 1. The first-order valence-corrected chi connectivity index (χ1v) is 5.63. The van der Waals surface area contributed by atoms with Gasteiger partial charge in [0.25, 0.3) is 0 Å². The van der Waals surface area contributed by atoms with Gasteiger partial charge in [0, 0.05) is 11.8 Å². The van der Waals surface area contributed by atoms with Gasteiger partial charge in [-0.05, 0) is 12.1 Å². The molecule has 1 amide bonds. The number of hydrogen-bond donors (Lipinski definition) is 1. The first-order valence-electron chi connectivity index (χ1n) is 5.63. The molecule has 0 aliphatic heterocycles. The van der Waals surface area contributed by atoms with Crippen molar-refractivity contribution in [1.82, 2.24) is 9.38 Å². The van der Waals surface area contributed by atoms with Crippen LogP contribution in [-0.4, -0.2) is 15.8 Å². The molecule has 0 aliphatic rings. The molecule has 0 atom stereocenters. The van der Waals surface area contributed by atoms with Crippen molar-refractivity contribution in [3.8, 4) is 11.3 Å². The first-order chi connectivity index (χ1) is 8.90. The maximum absolute atomic E-state index is 10.7. The summed E-state index contributed by atoms with van der Waals surface area (Å²) in [5, 5.41) is 2.65. The van der Waals surface area contributed by atoms with E-state index in [1.165, 1.54) is 0 Å². The number of carbonyl (C=O) groups is 1. The van der Waals surface area contributed by atoms with E-state index >= 15 is 0 Å². The summed E-state index contributed by atoms with van der Waals surface area (Å²) < 4.78 is 1.96. The lowest BCUT2D eigenvalue weighted by atomic mass is 10.1. The number of anilines is 1. The van der Waals surface area contributed by atoms with Gasteiger partial charge in [0.2, 0.25) is 6.41 Å². The summed E-state index contributed by atoms with van der Waals surface area (Å²) in [5.74, 6) is 0.572. The molecule has 4 heteroatoms. The highest BCUT2D eigenvalue weighted by molar-refractivity contribution is 5.83. The van der Waals surface area contributed by atoms with Crippen LogP contribution in [0.15, 0.2) is 54.7 Å². The molecule has 88 valence electrons. The van der Waals surface area contributed by atoms with Crippen LogP contribution in [0.25, 0.3) is 16.9 Å². The van der Waals surface area contributed by atoms with E-state index in [0.29, 0.717) is 12.2 Å². The van der Waals surface area contributed by atoms with Crippen molar-refractivity contribution < 1.29 is 4.79 Å². The van der Waals surface area contributed by atoms with Gasteiger partial charge >= 0.3 is 0 Å². The summed E-state index contributed by atoms with van der Waals surface area (Å²) in [6.07, 6.45) is 2.58. The largest absolute Gasteiger partial charge is 0.311 e. The Labute approximate surface area is 104 Å². The number of fused-ring (bicyclic) bond motifs is 1. The zero-order valence-electron chi connectivity index (χ0n) is 9.58. The second-order valence-electron chi connectivity index (χ2n) is 3.87. The summed E-state index contributed by atoms with van der Waals surface area (Å²) in [5.41, 5.74) is 2.71. The number of pyridine rings is 1. The van der Waals surface area contributed by atoms with Crippen LogP contribution >= 0.6 is 0 Å². The zero-order valence-corrected chi connectivity index (χ0v) is 9.58. The fourth-order valence-electron chi connectivity index (χ4n) is 2.02. The molecule has 4 nitrogen and oxygen atoms in total. The average Bonchev–Trinajstić information content (AvgIpc) is 2.78. The van der Waals surface area contributed by atoms with Gasteiger partial charge in [-0.15, -0.1) is 0 Å². The highest BCUT2D eigenvalue weighted by atomic mass is 16.1. The zero-order chi connectivity index (χ0) is 12.4.